The van der Waals surface area contributed by atoms with E-state index in [0.29, 0.717) is 0 Å². The summed E-state index contributed by atoms with van der Waals surface area (Å²) >= 11 is 0. The summed E-state index contributed by atoms with van der Waals surface area (Å²) in [5, 5.41) is 0. The second-order valence-corrected chi connectivity index (χ2v) is 8.87. The van der Waals surface area contributed by atoms with Crippen molar-refractivity contribution in [2.45, 2.75) is 31.1 Å². The van der Waals surface area contributed by atoms with E-state index in [4.69, 9.17) is 5.73 Å². The average molecular weight is 331 g/mol. The Morgan fingerprint density at radius 2 is 1.86 bits per heavy atom. The Bertz CT molecular complexity index is 694. The minimum Gasteiger partial charge on any atom is -0.386 e. The van der Waals surface area contributed by atoms with Crippen LogP contribution in [0.2, 0.25) is 0 Å². The van der Waals surface area contributed by atoms with Crippen LogP contribution in [0.3, 0.4) is 0 Å². The first-order valence-electron chi connectivity index (χ1n) is 6.78. The number of hydrogen-bond acceptors (Lipinski definition) is 3. The Morgan fingerprint density at radius 1 is 1.32 bits per heavy atom. The normalized spacial score (nSPS) is 18.4. The predicted octanol–water partition coefficient (Wildman–Crippen LogP) is 2.87. The Hall–Kier alpha value is -1.50. The van der Waals surface area contributed by atoms with E-state index < -0.39 is 32.5 Å². The van der Waals surface area contributed by atoms with E-state index >= 15 is 0 Å². The molecule has 0 heterocycles. The second-order valence-electron chi connectivity index (χ2n) is 5.88. The van der Waals surface area contributed by atoms with Gasteiger partial charge in [0.05, 0.1) is 9.73 Å². The molecule has 0 aliphatic heterocycles. The number of amidine groups is 1. The van der Waals surface area contributed by atoms with Crippen molar-refractivity contribution in [1.82, 2.24) is 0 Å². The van der Waals surface area contributed by atoms with Crippen molar-refractivity contribution in [3.63, 3.8) is 0 Å². The maximum atomic E-state index is 14.0. The molecule has 1 aromatic carbocycles. The van der Waals surface area contributed by atoms with Crippen molar-refractivity contribution in [3.8, 4) is 0 Å². The van der Waals surface area contributed by atoms with Gasteiger partial charge in [0.25, 0.3) is 0 Å². The van der Waals surface area contributed by atoms with Crippen LogP contribution in [-0.4, -0.2) is 34.8 Å². The van der Waals surface area contributed by atoms with Crippen LogP contribution >= 0.6 is 0 Å². The number of alkyl halides is 1. The molecule has 0 bridgehead atoms. The number of hydrogen-bond donors (Lipinski definition) is 1. The number of nitrogens with two attached hydrogens (primary N) is 1. The fourth-order valence-corrected chi connectivity index (χ4v) is 2.77. The number of rotatable bonds is 5. The van der Waals surface area contributed by atoms with Gasteiger partial charge in [-0.2, -0.15) is 0 Å². The molecule has 2 unspecified atom stereocenters. The highest BCUT2D eigenvalue weighted by molar-refractivity contribution is 7.95. The molecule has 0 saturated heterocycles. The van der Waals surface area contributed by atoms with E-state index in [1.165, 1.54) is 38.4 Å². The largest absolute Gasteiger partial charge is 0.386 e. The van der Waals surface area contributed by atoms with Crippen molar-refractivity contribution in [3.05, 3.63) is 35.6 Å². The lowest BCUT2D eigenvalue weighted by atomic mass is 9.93. The van der Waals surface area contributed by atoms with Crippen LogP contribution < -0.4 is 5.73 Å². The first-order valence-corrected chi connectivity index (χ1v) is 8.71. The summed E-state index contributed by atoms with van der Waals surface area (Å²) < 4.78 is 42.9. The van der Waals surface area contributed by atoms with Crippen LogP contribution in [0.1, 0.15) is 26.3 Å². The quantitative estimate of drug-likeness (QED) is 0.666. The SMILES string of the molecule is CN=S(C)(=O)C(C)(C)C(N)=NC(C)(CF)c1ccccc1F. The van der Waals surface area contributed by atoms with E-state index in [9.17, 15) is 13.0 Å². The van der Waals surface area contributed by atoms with Crippen LogP contribution in [0.15, 0.2) is 33.6 Å². The lowest BCUT2D eigenvalue weighted by Crippen LogP contribution is -2.46. The molecule has 0 aromatic heterocycles. The maximum absolute atomic E-state index is 14.0. The van der Waals surface area contributed by atoms with E-state index in [-0.39, 0.29) is 11.4 Å². The van der Waals surface area contributed by atoms with Gasteiger partial charge in [-0.1, -0.05) is 18.2 Å². The summed E-state index contributed by atoms with van der Waals surface area (Å²) in [4.78, 5) is 4.18. The summed E-state index contributed by atoms with van der Waals surface area (Å²) in [7, 11) is -1.23. The highest BCUT2D eigenvalue weighted by Crippen LogP contribution is 2.30. The van der Waals surface area contributed by atoms with Crippen LogP contribution in [0.5, 0.6) is 0 Å². The summed E-state index contributed by atoms with van der Waals surface area (Å²) in [6.07, 6.45) is 1.46. The molecule has 0 saturated carbocycles. The topological polar surface area (TPSA) is 67.8 Å². The summed E-state index contributed by atoms with van der Waals surface area (Å²) in [6.45, 7) is 3.77. The van der Waals surface area contributed by atoms with Crippen molar-refractivity contribution in [1.29, 1.82) is 0 Å². The van der Waals surface area contributed by atoms with Crippen LogP contribution in [0, 0.1) is 5.82 Å². The first-order chi connectivity index (χ1) is 10.0. The van der Waals surface area contributed by atoms with E-state index in [0.717, 1.165) is 0 Å². The Kier molecular flexibility index (Phi) is 5.33. The van der Waals surface area contributed by atoms with Crippen LogP contribution in [0.25, 0.3) is 0 Å². The Labute approximate surface area is 131 Å². The zero-order chi connectivity index (χ0) is 17.2. The van der Waals surface area contributed by atoms with E-state index in [1.54, 1.807) is 19.9 Å². The van der Waals surface area contributed by atoms with Crippen LogP contribution in [0.4, 0.5) is 8.78 Å². The van der Waals surface area contributed by atoms with Gasteiger partial charge in [0.15, 0.2) is 0 Å². The predicted molar refractivity (Wildman–Crippen MR) is 87.8 cm³/mol. The minimum absolute atomic E-state index is 0.0194. The van der Waals surface area contributed by atoms with Gasteiger partial charge in [-0.25, -0.2) is 17.4 Å². The number of benzene rings is 1. The molecule has 2 atom stereocenters. The van der Waals surface area contributed by atoms with Gasteiger partial charge in [-0.05, 0) is 26.8 Å². The number of aliphatic imine (C=N–C) groups is 1. The first kappa shape index (κ1) is 18.5. The zero-order valence-electron chi connectivity index (χ0n) is 13.6. The number of nitrogens with zero attached hydrogens (tertiary/aromatic N) is 2. The van der Waals surface area contributed by atoms with Crippen molar-refractivity contribution in [2.24, 2.45) is 15.1 Å². The molecule has 7 heteroatoms. The van der Waals surface area contributed by atoms with E-state index in [1.807, 2.05) is 0 Å². The third kappa shape index (κ3) is 3.29. The standard InChI is InChI=1S/C15H23F2N3OS/c1-14(2,22(5,21)19-4)13(18)20-15(3,10-16)11-8-6-7-9-12(11)17/h6-9H,10H2,1-5H3,(H2,18,20). The lowest BCUT2D eigenvalue weighted by Gasteiger charge is -2.30. The summed E-state index contributed by atoms with van der Waals surface area (Å²) in [5.74, 6) is -0.580. The lowest BCUT2D eigenvalue weighted by molar-refractivity contribution is 0.328. The van der Waals surface area contributed by atoms with Crippen molar-refractivity contribution < 1.29 is 13.0 Å². The fourth-order valence-electron chi connectivity index (χ4n) is 1.88. The molecule has 0 aliphatic rings. The second kappa shape index (κ2) is 6.32. The highest BCUT2D eigenvalue weighted by atomic mass is 32.2. The minimum atomic E-state index is -2.67. The van der Waals surface area contributed by atoms with Gasteiger partial charge in [0, 0.05) is 18.9 Å². The molecule has 4 nitrogen and oxygen atoms in total. The Balaban J connectivity index is 3.45. The van der Waals surface area contributed by atoms with Gasteiger partial charge in [0.2, 0.25) is 0 Å². The average Bonchev–Trinajstić information content (AvgIpc) is 2.47. The van der Waals surface area contributed by atoms with Gasteiger partial charge in [-0.3, -0.25) is 4.99 Å². The Morgan fingerprint density at radius 3 is 2.32 bits per heavy atom. The van der Waals surface area contributed by atoms with Gasteiger partial charge in [-0.15, -0.1) is 0 Å². The fraction of sp³-hybridized carbons (Fsp3) is 0.533. The van der Waals surface area contributed by atoms with Crippen molar-refractivity contribution in [2.75, 3.05) is 20.0 Å². The molecule has 0 spiro atoms. The molecule has 124 valence electrons. The maximum Gasteiger partial charge on any atom is 0.128 e. The van der Waals surface area contributed by atoms with Gasteiger partial charge >= 0.3 is 0 Å². The molecule has 1 rings (SSSR count). The molecule has 0 amide bonds. The number of halogens is 2. The third-order valence-electron chi connectivity index (χ3n) is 3.99. The van der Waals surface area contributed by atoms with E-state index in [2.05, 4.69) is 9.36 Å². The molecular formula is C15H23F2N3OS. The molecule has 2 N–H and O–H groups in total. The molecule has 1 aromatic rings. The molecular weight excluding hydrogens is 308 g/mol. The zero-order valence-corrected chi connectivity index (χ0v) is 14.4. The molecule has 0 fully saturated rings. The van der Waals surface area contributed by atoms with Crippen LogP contribution in [-0.2, 0) is 15.3 Å². The molecule has 0 radical (unpaired) electrons. The smallest absolute Gasteiger partial charge is 0.128 e. The van der Waals surface area contributed by atoms with Gasteiger partial charge < -0.3 is 5.73 Å². The third-order valence-corrected chi connectivity index (χ3v) is 6.79. The summed E-state index contributed by atoms with van der Waals surface area (Å²) in [6, 6.07) is 5.83. The van der Waals surface area contributed by atoms with Crippen molar-refractivity contribution >= 4 is 15.6 Å². The summed E-state index contributed by atoms with van der Waals surface area (Å²) in [5.41, 5.74) is 4.61. The molecule has 22 heavy (non-hydrogen) atoms. The van der Waals surface area contributed by atoms with Gasteiger partial charge in [0.1, 0.15) is 28.6 Å². The monoisotopic (exact) mass is 331 g/mol. The molecule has 0 aliphatic carbocycles. The highest BCUT2D eigenvalue weighted by Gasteiger charge is 2.36.